The Morgan fingerprint density at radius 1 is 1.00 bits per heavy atom. The lowest BCUT2D eigenvalue weighted by Gasteiger charge is -2.31. The fourth-order valence-corrected chi connectivity index (χ4v) is 3.43. The number of piperidine rings is 1. The van der Waals surface area contributed by atoms with E-state index in [0.29, 0.717) is 44.5 Å². The maximum atomic E-state index is 12.4. The van der Waals surface area contributed by atoms with Crippen molar-refractivity contribution in [3.05, 3.63) is 60.2 Å². The zero-order chi connectivity index (χ0) is 21.6. The summed E-state index contributed by atoms with van der Waals surface area (Å²) in [6.07, 6.45) is -2.52. The Hall–Kier alpha value is -3.03. The van der Waals surface area contributed by atoms with Crippen LogP contribution in [0.4, 0.5) is 18.9 Å². The standard InChI is InChI=1S/C22H23F3N2O3/c23-22(24,25)30-19-9-7-18(8-10-19)26-21(29)17-12-14-27(15-13-17)20(28)11-6-16-4-2-1-3-5-16/h1-5,7-10,17H,6,11-15H2,(H,26,29). The molecule has 2 aromatic rings. The van der Waals surface area contributed by atoms with Crippen molar-refractivity contribution < 1.29 is 27.5 Å². The lowest BCUT2D eigenvalue weighted by molar-refractivity contribution is -0.274. The predicted octanol–water partition coefficient (Wildman–Crippen LogP) is 4.40. The first-order valence-corrected chi connectivity index (χ1v) is 9.78. The van der Waals surface area contributed by atoms with E-state index in [1.54, 1.807) is 4.90 Å². The molecule has 1 aliphatic rings. The van der Waals surface area contributed by atoms with E-state index >= 15 is 0 Å². The lowest BCUT2D eigenvalue weighted by Crippen LogP contribution is -2.41. The van der Waals surface area contributed by atoms with Crippen molar-refractivity contribution >= 4 is 17.5 Å². The number of ether oxygens (including phenoxy) is 1. The van der Waals surface area contributed by atoms with Crippen LogP contribution in [0, 0.1) is 5.92 Å². The summed E-state index contributed by atoms with van der Waals surface area (Å²) >= 11 is 0. The zero-order valence-corrected chi connectivity index (χ0v) is 16.3. The molecule has 0 saturated carbocycles. The van der Waals surface area contributed by atoms with Crippen LogP contribution < -0.4 is 10.1 Å². The number of hydrogen-bond acceptors (Lipinski definition) is 3. The number of amides is 2. The summed E-state index contributed by atoms with van der Waals surface area (Å²) in [5.74, 6) is -0.703. The van der Waals surface area contributed by atoms with E-state index in [-0.39, 0.29) is 23.5 Å². The van der Waals surface area contributed by atoms with Gasteiger partial charge in [0.05, 0.1) is 0 Å². The van der Waals surface area contributed by atoms with Gasteiger partial charge in [-0.2, -0.15) is 0 Å². The van der Waals surface area contributed by atoms with Crippen LogP contribution >= 0.6 is 0 Å². The average Bonchev–Trinajstić information content (AvgIpc) is 2.73. The third kappa shape index (κ3) is 6.50. The Morgan fingerprint density at radius 3 is 2.23 bits per heavy atom. The second-order valence-electron chi connectivity index (χ2n) is 7.20. The summed E-state index contributed by atoms with van der Waals surface area (Å²) in [5, 5.41) is 2.71. The molecule has 1 aliphatic heterocycles. The number of alkyl halides is 3. The second kappa shape index (κ2) is 9.65. The highest BCUT2D eigenvalue weighted by Gasteiger charge is 2.31. The maximum Gasteiger partial charge on any atom is 0.573 e. The van der Waals surface area contributed by atoms with E-state index < -0.39 is 6.36 Å². The minimum absolute atomic E-state index is 0.0814. The lowest BCUT2D eigenvalue weighted by atomic mass is 9.95. The Kier molecular flexibility index (Phi) is 6.97. The maximum absolute atomic E-state index is 12.4. The third-order valence-corrected chi connectivity index (χ3v) is 5.04. The monoisotopic (exact) mass is 420 g/mol. The molecular weight excluding hydrogens is 397 g/mol. The Morgan fingerprint density at radius 2 is 1.63 bits per heavy atom. The molecule has 1 N–H and O–H groups in total. The quantitative estimate of drug-likeness (QED) is 0.754. The van der Waals surface area contributed by atoms with E-state index in [1.807, 2.05) is 30.3 Å². The number of benzene rings is 2. The normalized spacial score (nSPS) is 15.0. The molecule has 0 aliphatic carbocycles. The highest BCUT2D eigenvalue weighted by atomic mass is 19.4. The van der Waals surface area contributed by atoms with Gasteiger partial charge in [-0.05, 0) is 49.1 Å². The molecule has 30 heavy (non-hydrogen) atoms. The van der Waals surface area contributed by atoms with Gasteiger partial charge in [-0.1, -0.05) is 30.3 Å². The van der Waals surface area contributed by atoms with Crippen molar-refractivity contribution in [1.82, 2.24) is 4.90 Å². The van der Waals surface area contributed by atoms with E-state index in [4.69, 9.17) is 0 Å². The predicted molar refractivity (Wildman–Crippen MR) is 106 cm³/mol. The summed E-state index contributed by atoms with van der Waals surface area (Å²) in [7, 11) is 0. The number of nitrogens with zero attached hydrogens (tertiary/aromatic N) is 1. The van der Waals surface area contributed by atoms with Crippen molar-refractivity contribution in [2.45, 2.75) is 32.0 Å². The van der Waals surface area contributed by atoms with Crippen LogP contribution in [-0.2, 0) is 16.0 Å². The summed E-state index contributed by atoms with van der Waals surface area (Å²) in [4.78, 5) is 26.6. The van der Waals surface area contributed by atoms with Crippen molar-refractivity contribution in [1.29, 1.82) is 0 Å². The van der Waals surface area contributed by atoms with Gasteiger partial charge in [0.2, 0.25) is 11.8 Å². The summed E-state index contributed by atoms with van der Waals surface area (Å²) < 4.78 is 40.4. The first-order valence-electron chi connectivity index (χ1n) is 9.78. The smallest absolute Gasteiger partial charge is 0.406 e. The molecule has 1 saturated heterocycles. The number of rotatable bonds is 6. The topological polar surface area (TPSA) is 58.6 Å². The molecule has 2 aromatic carbocycles. The van der Waals surface area contributed by atoms with Gasteiger partial charge in [-0.25, -0.2) is 0 Å². The zero-order valence-electron chi connectivity index (χ0n) is 16.3. The molecule has 0 bridgehead atoms. The number of halogens is 3. The molecule has 3 rings (SSSR count). The minimum atomic E-state index is -4.75. The van der Waals surface area contributed by atoms with Crippen molar-refractivity contribution in [2.24, 2.45) is 5.92 Å². The Balaban J connectivity index is 1.43. The molecule has 1 heterocycles. The van der Waals surface area contributed by atoms with Crippen LogP contribution in [0.1, 0.15) is 24.8 Å². The SMILES string of the molecule is O=C(Nc1ccc(OC(F)(F)F)cc1)C1CCN(C(=O)CCc2ccccc2)CC1. The molecule has 2 amide bonds. The Labute approximate surface area is 172 Å². The van der Waals surface area contributed by atoms with E-state index in [2.05, 4.69) is 10.1 Å². The van der Waals surface area contributed by atoms with Gasteiger partial charge in [0.25, 0.3) is 0 Å². The third-order valence-electron chi connectivity index (χ3n) is 5.04. The first kappa shape index (κ1) is 21.7. The molecule has 0 atom stereocenters. The number of nitrogens with one attached hydrogen (secondary N) is 1. The first-order chi connectivity index (χ1) is 14.3. The van der Waals surface area contributed by atoms with Crippen LogP contribution in [-0.4, -0.2) is 36.2 Å². The van der Waals surface area contributed by atoms with E-state index in [9.17, 15) is 22.8 Å². The molecule has 160 valence electrons. The molecule has 1 fully saturated rings. The average molecular weight is 420 g/mol. The fraction of sp³-hybridized carbons (Fsp3) is 0.364. The van der Waals surface area contributed by atoms with Crippen LogP contribution in [0.15, 0.2) is 54.6 Å². The van der Waals surface area contributed by atoms with E-state index in [0.717, 1.165) is 17.7 Å². The van der Waals surface area contributed by atoms with Crippen molar-refractivity contribution in [3.8, 4) is 5.75 Å². The molecule has 0 spiro atoms. The van der Waals surface area contributed by atoms with Gasteiger partial charge in [0.1, 0.15) is 5.75 Å². The van der Waals surface area contributed by atoms with Gasteiger partial charge < -0.3 is 15.0 Å². The molecule has 0 aromatic heterocycles. The highest BCUT2D eigenvalue weighted by Crippen LogP contribution is 2.25. The van der Waals surface area contributed by atoms with Gasteiger partial charge in [-0.15, -0.1) is 13.2 Å². The largest absolute Gasteiger partial charge is 0.573 e. The molecule has 5 nitrogen and oxygen atoms in total. The van der Waals surface area contributed by atoms with Gasteiger partial charge in [0, 0.05) is 31.1 Å². The van der Waals surface area contributed by atoms with Gasteiger partial charge >= 0.3 is 6.36 Å². The second-order valence-corrected chi connectivity index (χ2v) is 7.20. The fourth-order valence-electron chi connectivity index (χ4n) is 3.43. The highest BCUT2D eigenvalue weighted by molar-refractivity contribution is 5.92. The molecule has 8 heteroatoms. The summed E-state index contributed by atoms with van der Waals surface area (Å²) in [6.45, 7) is 1.04. The number of carbonyl (C=O) groups excluding carboxylic acids is 2. The van der Waals surface area contributed by atoms with Crippen LogP contribution in [0.3, 0.4) is 0 Å². The molecule has 0 radical (unpaired) electrons. The number of anilines is 1. The Bertz CT molecular complexity index is 846. The van der Waals surface area contributed by atoms with Crippen LogP contribution in [0.5, 0.6) is 5.75 Å². The number of hydrogen-bond donors (Lipinski definition) is 1. The molecule has 0 unspecified atom stereocenters. The molecular formula is C22H23F3N2O3. The van der Waals surface area contributed by atoms with E-state index in [1.165, 1.54) is 12.1 Å². The van der Waals surface area contributed by atoms with Crippen molar-refractivity contribution in [3.63, 3.8) is 0 Å². The van der Waals surface area contributed by atoms with Gasteiger partial charge in [0.15, 0.2) is 0 Å². The van der Waals surface area contributed by atoms with Crippen molar-refractivity contribution in [2.75, 3.05) is 18.4 Å². The van der Waals surface area contributed by atoms with Crippen LogP contribution in [0.25, 0.3) is 0 Å². The van der Waals surface area contributed by atoms with Crippen LogP contribution in [0.2, 0.25) is 0 Å². The minimum Gasteiger partial charge on any atom is -0.406 e. The number of carbonyl (C=O) groups is 2. The number of aryl methyl sites for hydroxylation is 1. The summed E-state index contributed by atoms with van der Waals surface area (Å²) in [6, 6.07) is 14.8. The number of likely N-dealkylation sites (tertiary alicyclic amines) is 1. The van der Waals surface area contributed by atoms with Gasteiger partial charge in [-0.3, -0.25) is 9.59 Å². The summed E-state index contributed by atoms with van der Waals surface area (Å²) in [5.41, 5.74) is 1.52.